The number of amides is 1. The minimum absolute atomic E-state index is 0.0147. The molecule has 0 bridgehead atoms. The second-order valence-electron chi connectivity index (χ2n) is 6.54. The number of hydrogen-bond donors (Lipinski definition) is 1. The first kappa shape index (κ1) is 18.0. The number of aryl methyl sites for hydroxylation is 2. The normalized spacial score (nSPS) is 15.3. The van der Waals surface area contributed by atoms with Gasteiger partial charge < -0.3 is 5.32 Å². The number of aromatic nitrogens is 2. The van der Waals surface area contributed by atoms with E-state index in [0.29, 0.717) is 6.42 Å². The summed E-state index contributed by atoms with van der Waals surface area (Å²) in [5.41, 5.74) is 5.10. The van der Waals surface area contributed by atoms with Crippen molar-refractivity contribution in [3.8, 4) is 0 Å². The fourth-order valence-corrected chi connectivity index (χ4v) is 4.19. The van der Waals surface area contributed by atoms with Gasteiger partial charge in [0.05, 0.1) is 12.1 Å². The first-order valence-corrected chi connectivity index (χ1v) is 9.87. The van der Waals surface area contributed by atoms with E-state index >= 15 is 0 Å². The van der Waals surface area contributed by atoms with Crippen molar-refractivity contribution in [1.29, 1.82) is 0 Å². The largest absolute Gasteiger partial charge is 0.325 e. The van der Waals surface area contributed by atoms with E-state index < -0.39 is 0 Å². The van der Waals surface area contributed by atoms with Gasteiger partial charge in [-0.25, -0.2) is 0 Å². The van der Waals surface area contributed by atoms with Crippen molar-refractivity contribution in [3.63, 3.8) is 0 Å². The number of anilines is 1. The molecule has 2 heterocycles. The van der Waals surface area contributed by atoms with Gasteiger partial charge in [0.2, 0.25) is 5.91 Å². The Labute approximate surface area is 153 Å². The van der Waals surface area contributed by atoms with Crippen LogP contribution in [0.4, 0.5) is 5.69 Å². The second kappa shape index (κ2) is 8.06. The first-order valence-electron chi connectivity index (χ1n) is 8.71. The Bertz CT molecular complexity index is 750. The minimum Gasteiger partial charge on any atom is -0.325 e. The molecule has 0 atom stereocenters. The van der Waals surface area contributed by atoms with Crippen LogP contribution in [0.1, 0.15) is 22.5 Å². The zero-order valence-corrected chi connectivity index (χ0v) is 16.0. The van der Waals surface area contributed by atoms with Gasteiger partial charge >= 0.3 is 0 Å². The summed E-state index contributed by atoms with van der Waals surface area (Å²) in [4.78, 5) is 15.0. The van der Waals surface area contributed by atoms with Crippen LogP contribution in [0.15, 0.2) is 24.3 Å². The summed E-state index contributed by atoms with van der Waals surface area (Å²) in [5.74, 6) is 2.39. The van der Waals surface area contributed by atoms with Crippen LogP contribution in [-0.4, -0.2) is 45.2 Å². The van der Waals surface area contributed by atoms with Gasteiger partial charge in [-0.15, -0.1) is 0 Å². The van der Waals surface area contributed by atoms with Crippen molar-refractivity contribution in [1.82, 2.24) is 14.7 Å². The maximum Gasteiger partial charge on any atom is 0.228 e. The average Bonchev–Trinajstić information content (AvgIpc) is 2.84. The van der Waals surface area contributed by atoms with Gasteiger partial charge in [0.25, 0.3) is 0 Å². The summed E-state index contributed by atoms with van der Waals surface area (Å²) in [6, 6.07) is 8.12. The SMILES string of the molecule is Cc1nn(C)c(C)c1CC(=O)Nc1ccccc1CN1CCSCC1. The molecule has 0 radical (unpaired) electrons. The maximum absolute atomic E-state index is 12.6. The van der Waals surface area contributed by atoms with Crippen molar-refractivity contribution < 1.29 is 4.79 Å². The number of nitrogens with one attached hydrogen (secondary N) is 1. The molecule has 3 rings (SSSR count). The van der Waals surface area contributed by atoms with E-state index in [-0.39, 0.29) is 5.91 Å². The molecule has 1 fully saturated rings. The lowest BCUT2D eigenvalue weighted by Crippen LogP contribution is -2.32. The van der Waals surface area contributed by atoms with E-state index in [1.54, 1.807) is 0 Å². The molecule has 134 valence electrons. The highest BCUT2D eigenvalue weighted by Gasteiger charge is 2.16. The molecule has 0 saturated carbocycles. The predicted octanol–water partition coefficient (Wildman–Crippen LogP) is 2.77. The van der Waals surface area contributed by atoms with Crippen LogP contribution in [0.25, 0.3) is 0 Å². The summed E-state index contributed by atoms with van der Waals surface area (Å²) in [7, 11) is 1.91. The fourth-order valence-electron chi connectivity index (χ4n) is 3.21. The highest BCUT2D eigenvalue weighted by atomic mass is 32.2. The lowest BCUT2D eigenvalue weighted by Gasteiger charge is -2.27. The molecule has 1 aromatic heterocycles. The van der Waals surface area contributed by atoms with Gasteiger partial charge in [0.1, 0.15) is 0 Å². The van der Waals surface area contributed by atoms with Crippen molar-refractivity contribution in [2.45, 2.75) is 26.8 Å². The van der Waals surface area contributed by atoms with Gasteiger partial charge in [-0.3, -0.25) is 14.4 Å². The molecular weight excluding hydrogens is 332 g/mol. The Kier molecular flexibility index (Phi) is 5.81. The number of carbonyl (C=O) groups is 1. The van der Waals surface area contributed by atoms with Gasteiger partial charge in [0.15, 0.2) is 0 Å². The van der Waals surface area contributed by atoms with Crippen molar-refractivity contribution in [2.24, 2.45) is 7.05 Å². The van der Waals surface area contributed by atoms with Crippen molar-refractivity contribution >= 4 is 23.4 Å². The van der Waals surface area contributed by atoms with Crippen LogP contribution in [0.2, 0.25) is 0 Å². The molecule has 2 aromatic rings. The van der Waals surface area contributed by atoms with Crippen LogP contribution < -0.4 is 5.32 Å². The van der Waals surface area contributed by atoms with E-state index in [2.05, 4.69) is 21.4 Å². The predicted molar refractivity (Wildman–Crippen MR) is 104 cm³/mol. The lowest BCUT2D eigenvalue weighted by molar-refractivity contribution is -0.115. The molecule has 1 amide bonds. The van der Waals surface area contributed by atoms with E-state index in [1.807, 2.05) is 55.5 Å². The van der Waals surface area contributed by atoms with E-state index in [4.69, 9.17) is 0 Å². The maximum atomic E-state index is 12.6. The molecule has 0 aliphatic carbocycles. The number of nitrogens with zero attached hydrogens (tertiary/aromatic N) is 3. The third-order valence-electron chi connectivity index (χ3n) is 4.79. The monoisotopic (exact) mass is 358 g/mol. The molecule has 1 aromatic carbocycles. The number of hydrogen-bond acceptors (Lipinski definition) is 4. The molecule has 6 heteroatoms. The van der Waals surface area contributed by atoms with E-state index in [0.717, 1.165) is 42.3 Å². The van der Waals surface area contributed by atoms with Gasteiger partial charge in [-0.05, 0) is 25.5 Å². The Morgan fingerprint density at radius 1 is 1.24 bits per heavy atom. The number of benzene rings is 1. The second-order valence-corrected chi connectivity index (χ2v) is 7.77. The zero-order chi connectivity index (χ0) is 17.8. The summed E-state index contributed by atoms with van der Waals surface area (Å²) >= 11 is 2.01. The number of rotatable bonds is 5. The summed E-state index contributed by atoms with van der Waals surface area (Å²) < 4.78 is 1.83. The smallest absolute Gasteiger partial charge is 0.228 e. The van der Waals surface area contributed by atoms with Crippen LogP contribution >= 0.6 is 11.8 Å². The standard InChI is InChI=1S/C19H26N4OS/c1-14-17(15(2)22(3)21-14)12-19(24)20-18-7-5-4-6-16(18)13-23-8-10-25-11-9-23/h4-7H,8-13H2,1-3H3,(H,20,24). The fraction of sp³-hybridized carbons (Fsp3) is 0.474. The van der Waals surface area contributed by atoms with Crippen LogP contribution in [0.5, 0.6) is 0 Å². The van der Waals surface area contributed by atoms with Gasteiger partial charge in [0, 0.05) is 55.1 Å². The van der Waals surface area contributed by atoms with E-state index in [1.165, 1.54) is 17.1 Å². The molecule has 1 aliphatic rings. The molecule has 1 N–H and O–H groups in total. The van der Waals surface area contributed by atoms with Gasteiger partial charge in [-0.1, -0.05) is 18.2 Å². The summed E-state index contributed by atoms with van der Waals surface area (Å²) in [6.45, 7) is 7.08. The number of carbonyl (C=O) groups excluding carboxylic acids is 1. The first-order chi connectivity index (χ1) is 12.0. The summed E-state index contributed by atoms with van der Waals surface area (Å²) in [5, 5.41) is 7.50. The molecule has 25 heavy (non-hydrogen) atoms. The molecule has 0 spiro atoms. The average molecular weight is 359 g/mol. The highest BCUT2D eigenvalue weighted by Crippen LogP contribution is 2.20. The Morgan fingerprint density at radius 2 is 1.96 bits per heavy atom. The third kappa shape index (κ3) is 4.44. The summed E-state index contributed by atoms with van der Waals surface area (Å²) in [6.07, 6.45) is 0.361. The lowest BCUT2D eigenvalue weighted by atomic mass is 10.1. The Morgan fingerprint density at radius 3 is 2.64 bits per heavy atom. The quantitative estimate of drug-likeness (QED) is 0.893. The third-order valence-corrected chi connectivity index (χ3v) is 5.73. The van der Waals surface area contributed by atoms with Crippen LogP contribution in [0.3, 0.4) is 0 Å². The highest BCUT2D eigenvalue weighted by molar-refractivity contribution is 7.99. The topological polar surface area (TPSA) is 50.2 Å². The van der Waals surface area contributed by atoms with Crippen molar-refractivity contribution in [3.05, 3.63) is 46.8 Å². The Balaban J connectivity index is 1.68. The van der Waals surface area contributed by atoms with Crippen LogP contribution in [0, 0.1) is 13.8 Å². The molecule has 1 aliphatic heterocycles. The molecule has 1 saturated heterocycles. The number of thioether (sulfide) groups is 1. The van der Waals surface area contributed by atoms with Crippen molar-refractivity contribution in [2.75, 3.05) is 29.9 Å². The number of para-hydroxylation sites is 1. The molecule has 5 nitrogen and oxygen atoms in total. The van der Waals surface area contributed by atoms with Gasteiger partial charge in [-0.2, -0.15) is 16.9 Å². The molecule has 0 unspecified atom stereocenters. The Hall–Kier alpha value is -1.79. The van der Waals surface area contributed by atoms with Crippen LogP contribution in [-0.2, 0) is 24.8 Å². The zero-order valence-electron chi connectivity index (χ0n) is 15.2. The molecular formula is C19H26N4OS. The minimum atomic E-state index is 0.0147. The van der Waals surface area contributed by atoms with E-state index in [9.17, 15) is 4.79 Å².